The summed E-state index contributed by atoms with van der Waals surface area (Å²) in [4.78, 5) is 0. The topological polar surface area (TPSA) is 0 Å². The van der Waals surface area contributed by atoms with Gasteiger partial charge in [-0.15, -0.1) is 0 Å². The average Bonchev–Trinajstić information content (AvgIpc) is 1.86. The summed E-state index contributed by atoms with van der Waals surface area (Å²) in [5, 5.41) is 0. The third-order valence-corrected chi connectivity index (χ3v) is 1.41. The molecular weight excluding hydrogens is 223 g/mol. The van der Waals surface area contributed by atoms with Crippen molar-refractivity contribution in [2.45, 2.75) is 11.0 Å². The van der Waals surface area contributed by atoms with Crippen LogP contribution in [0.4, 0.5) is 22.0 Å². The Morgan fingerprint density at radius 3 is 2.00 bits per heavy atom. The highest BCUT2D eigenvalue weighted by atomic mass is 79.9. The van der Waals surface area contributed by atoms with Gasteiger partial charge in [0.2, 0.25) is 0 Å². The Balaban J connectivity index is 4.40. The zero-order valence-electron chi connectivity index (χ0n) is 4.42. The lowest BCUT2D eigenvalue weighted by Gasteiger charge is -2.12. The van der Waals surface area contributed by atoms with Crippen molar-refractivity contribution >= 4 is 15.9 Å². The second kappa shape index (κ2) is 3.32. The maximum absolute atomic E-state index is 12.1. The lowest BCUT2D eigenvalue weighted by molar-refractivity contribution is 0.0398. The first kappa shape index (κ1) is 9.87. The van der Waals surface area contributed by atoms with Crippen molar-refractivity contribution in [3.05, 3.63) is 12.2 Å². The van der Waals surface area contributed by atoms with Crippen LogP contribution in [0.15, 0.2) is 12.2 Å². The Kier molecular flexibility index (Phi) is 3.27. The molecule has 0 fully saturated rings. The number of hydrogen-bond acceptors (Lipinski definition) is 0. The Bertz CT molecular complexity index is 141. The van der Waals surface area contributed by atoms with Gasteiger partial charge in [-0.05, 0) is 15.9 Å². The summed E-state index contributed by atoms with van der Waals surface area (Å²) in [6.07, 6.45) is -4.50. The van der Waals surface area contributed by atoms with Gasteiger partial charge in [-0.1, -0.05) is 0 Å². The predicted octanol–water partition coefficient (Wildman–Crippen LogP) is 3.09. The Hall–Kier alpha value is -0.130. The highest BCUT2D eigenvalue weighted by molar-refractivity contribution is 9.10. The van der Waals surface area contributed by atoms with Crippen molar-refractivity contribution < 1.29 is 22.0 Å². The molecule has 0 rings (SSSR count). The Labute approximate surface area is 61.8 Å². The van der Waals surface area contributed by atoms with Crippen LogP contribution in [-0.2, 0) is 0 Å². The van der Waals surface area contributed by atoms with Gasteiger partial charge in [-0.2, -0.15) is 0 Å². The number of hydrogen-bond donors (Lipinski definition) is 0. The molecule has 0 heterocycles. The van der Waals surface area contributed by atoms with Crippen LogP contribution in [0.25, 0.3) is 0 Å². The standard InChI is InChI=1S/C4H2BrF5/c5-4(10,3(8)9)2(7)1-6/h1,3H/b2-1-. The first-order valence-corrected chi connectivity index (χ1v) is 2.84. The van der Waals surface area contributed by atoms with Crippen LogP contribution in [0, 0.1) is 0 Å². The maximum atomic E-state index is 12.1. The number of rotatable bonds is 2. The van der Waals surface area contributed by atoms with Crippen LogP contribution in [-0.4, -0.2) is 11.0 Å². The second-order valence-electron chi connectivity index (χ2n) is 1.38. The normalized spacial score (nSPS) is 19.3. The molecule has 0 aromatic heterocycles. The van der Waals surface area contributed by atoms with E-state index < -0.39 is 23.2 Å². The molecule has 0 amide bonds. The van der Waals surface area contributed by atoms with E-state index in [1.54, 1.807) is 15.9 Å². The lowest BCUT2D eigenvalue weighted by atomic mass is 10.4. The second-order valence-corrected chi connectivity index (χ2v) is 2.53. The highest BCUT2D eigenvalue weighted by Gasteiger charge is 2.42. The van der Waals surface area contributed by atoms with E-state index in [1.165, 1.54) is 0 Å². The zero-order chi connectivity index (χ0) is 8.36. The van der Waals surface area contributed by atoms with Gasteiger partial charge in [0.05, 0.1) is 0 Å². The molecule has 0 bridgehead atoms. The lowest BCUT2D eigenvalue weighted by Crippen LogP contribution is -2.24. The molecule has 0 aromatic carbocycles. The third kappa shape index (κ3) is 1.93. The van der Waals surface area contributed by atoms with Gasteiger partial charge >= 0.3 is 0 Å². The minimum atomic E-state index is -3.69. The molecule has 0 saturated carbocycles. The molecule has 0 N–H and O–H groups in total. The van der Waals surface area contributed by atoms with Crippen molar-refractivity contribution in [3.8, 4) is 0 Å². The third-order valence-electron chi connectivity index (χ3n) is 0.688. The largest absolute Gasteiger partial charge is 0.288 e. The summed E-state index contributed by atoms with van der Waals surface area (Å²) in [6, 6.07) is 0. The van der Waals surface area contributed by atoms with Crippen molar-refractivity contribution in [2.24, 2.45) is 0 Å². The smallest absolute Gasteiger partial charge is 0.217 e. The number of allylic oxidation sites excluding steroid dienone is 1. The van der Waals surface area contributed by atoms with Crippen LogP contribution in [0.3, 0.4) is 0 Å². The maximum Gasteiger partial charge on any atom is 0.288 e. The van der Waals surface area contributed by atoms with E-state index in [-0.39, 0.29) is 0 Å². The Morgan fingerprint density at radius 2 is 1.90 bits per heavy atom. The fourth-order valence-corrected chi connectivity index (χ4v) is 0.263. The van der Waals surface area contributed by atoms with Crippen LogP contribution in [0.1, 0.15) is 0 Å². The van der Waals surface area contributed by atoms with Gasteiger partial charge in [-0.25, -0.2) is 22.0 Å². The van der Waals surface area contributed by atoms with Gasteiger partial charge in [-0.3, -0.25) is 0 Å². The fraction of sp³-hybridized carbons (Fsp3) is 0.500. The van der Waals surface area contributed by atoms with Crippen LogP contribution in [0.2, 0.25) is 0 Å². The van der Waals surface area contributed by atoms with Gasteiger partial charge < -0.3 is 0 Å². The molecular formula is C4H2BrF5. The van der Waals surface area contributed by atoms with Crippen molar-refractivity contribution in [3.63, 3.8) is 0 Å². The molecule has 1 atom stereocenters. The molecule has 0 spiro atoms. The average molecular weight is 225 g/mol. The summed E-state index contributed by atoms with van der Waals surface area (Å²) in [5.74, 6) is -2.18. The molecule has 0 nitrogen and oxygen atoms in total. The van der Waals surface area contributed by atoms with Crippen molar-refractivity contribution in [1.29, 1.82) is 0 Å². The molecule has 6 heteroatoms. The SMILES string of the molecule is F/C=C(\F)C(F)(Br)C(F)F. The highest BCUT2D eigenvalue weighted by Crippen LogP contribution is 2.36. The molecule has 0 aliphatic rings. The molecule has 60 valence electrons. The van der Waals surface area contributed by atoms with E-state index in [0.717, 1.165) is 0 Å². The molecule has 0 saturated heterocycles. The molecule has 0 aliphatic heterocycles. The Morgan fingerprint density at radius 1 is 1.50 bits per heavy atom. The zero-order valence-corrected chi connectivity index (χ0v) is 6.01. The minimum Gasteiger partial charge on any atom is -0.217 e. The minimum absolute atomic E-state index is 0.860. The first-order chi connectivity index (χ1) is 4.42. The van der Waals surface area contributed by atoms with Crippen LogP contribution >= 0.6 is 15.9 Å². The number of halogens is 6. The van der Waals surface area contributed by atoms with E-state index in [4.69, 9.17) is 0 Å². The molecule has 0 aromatic rings. The summed E-state index contributed by atoms with van der Waals surface area (Å²) in [6.45, 7) is 0. The summed E-state index contributed by atoms with van der Waals surface area (Å²) >= 11 is 1.67. The van der Waals surface area contributed by atoms with E-state index >= 15 is 0 Å². The fourth-order valence-electron chi connectivity index (χ4n) is 0.177. The molecule has 1 unspecified atom stereocenters. The molecule has 0 aliphatic carbocycles. The van der Waals surface area contributed by atoms with Gasteiger partial charge in [0.15, 0.2) is 5.83 Å². The van der Waals surface area contributed by atoms with Crippen LogP contribution in [0.5, 0.6) is 0 Å². The van der Waals surface area contributed by atoms with Crippen molar-refractivity contribution in [2.75, 3.05) is 0 Å². The van der Waals surface area contributed by atoms with E-state index in [2.05, 4.69) is 0 Å². The van der Waals surface area contributed by atoms with Gasteiger partial charge in [0, 0.05) is 0 Å². The van der Waals surface area contributed by atoms with E-state index in [1.807, 2.05) is 0 Å². The quantitative estimate of drug-likeness (QED) is 0.500. The van der Waals surface area contributed by atoms with Crippen molar-refractivity contribution in [1.82, 2.24) is 0 Å². The monoisotopic (exact) mass is 224 g/mol. The van der Waals surface area contributed by atoms with Crippen LogP contribution < -0.4 is 0 Å². The summed E-state index contributed by atoms with van der Waals surface area (Å²) in [7, 11) is 0. The van der Waals surface area contributed by atoms with E-state index in [9.17, 15) is 22.0 Å². The molecule has 0 radical (unpaired) electrons. The predicted molar refractivity (Wildman–Crippen MR) is 29.1 cm³/mol. The van der Waals surface area contributed by atoms with Gasteiger partial charge in [0.1, 0.15) is 6.33 Å². The summed E-state index contributed by atoms with van der Waals surface area (Å²) < 4.78 is 54.0. The first-order valence-electron chi connectivity index (χ1n) is 2.05. The number of alkyl halides is 4. The summed E-state index contributed by atoms with van der Waals surface area (Å²) in [5.41, 5.74) is 0. The van der Waals surface area contributed by atoms with E-state index in [0.29, 0.717) is 0 Å². The van der Waals surface area contributed by atoms with Gasteiger partial charge in [0.25, 0.3) is 11.0 Å². The molecule has 10 heavy (non-hydrogen) atoms.